The lowest BCUT2D eigenvalue weighted by Crippen LogP contribution is -2.47. The fraction of sp³-hybridized carbons (Fsp3) is 0.500. The maximum atomic E-state index is 10.2. The summed E-state index contributed by atoms with van der Waals surface area (Å²) in [7, 11) is 0. The Bertz CT molecular complexity index is 563. The standard InChI is InChI=1S/C20H27NO/c1-3-13-21(15(2)16-7-4-5-8-16)18-12-11-17-9-6-10-20(22)19(17)14-18/h4-10,15-16,18,22H,3,11-14H2,1-2H3. The molecule has 2 unspecified atom stereocenters. The maximum Gasteiger partial charge on any atom is 0.119 e. The number of aromatic hydroxyl groups is 1. The highest BCUT2D eigenvalue weighted by molar-refractivity contribution is 5.41. The molecule has 2 aliphatic rings. The Hall–Kier alpha value is -1.54. The molecule has 0 bridgehead atoms. The summed E-state index contributed by atoms with van der Waals surface area (Å²) in [6, 6.07) is 7.03. The fourth-order valence-corrected chi connectivity index (χ4v) is 4.00. The van der Waals surface area contributed by atoms with E-state index in [0.717, 1.165) is 19.4 Å². The molecule has 0 amide bonds. The Morgan fingerprint density at radius 2 is 2.05 bits per heavy atom. The summed E-state index contributed by atoms with van der Waals surface area (Å²) in [5.74, 6) is 1.00. The molecule has 0 saturated heterocycles. The smallest absolute Gasteiger partial charge is 0.119 e. The lowest BCUT2D eigenvalue weighted by atomic mass is 9.85. The van der Waals surface area contributed by atoms with Gasteiger partial charge in [0.15, 0.2) is 0 Å². The van der Waals surface area contributed by atoms with Gasteiger partial charge in [-0.25, -0.2) is 0 Å². The molecule has 1 aromatic rings. The van der Waals surface area contributed by atoms with Gasteiger partial charge in [-0.2, -0.15) is 0 Å². The molecule has 2 atom stereocenters. The van der Waals surface area contributed by atoms with Crippen LogP contribution < -0.4 is 0 Å². The summed E-state index contributed by atoms with van der Waals surface area (Å²) < 4.78 is 0. The van der Waals surface area contributed by atoms with Crippen molar-refractivity contribution in [1.82, 2.24) is 4.90 Å². The monoisotopic (exact) mass is 297 g/mol. The van der Waals surface area contributed by atoms with Crippen LogP contribution in [0.3, 0.4) is 0 Å². The summed E-state index contributed by atoms with van der Waals surface area (Å²) in [6.07, 6.45) is 13.4. The molecule has 2 aliphatic carbocycles. The van der Waals surface area contributed by atoms with E-state index in [2.05, 4.69) is 49.1 Å². The quantitative estimate of drug-likeness (QED) is 0.884. The molecule has 2 heteroatoms. The van der Waals surface area contributed by atoms with Gasteiger partial charge in [0.25, 0.3) is 0 Å². The maximum absolute atomic E-state index is 10.2. The van der Waals surface area contributed by atoms with E-state index in [0.29, 0.717) is 23.8 Å². The average Bonchev–Trinajstić information content (AvgIpc) is 3.07. The van der Waals surface area contributed by atoms with Crippen molar-refractivity contribution < 1.29 is 5.11 Å². The molecule has 0 aromatic heterocycles. The van der Waals surface area contributed by atoms with Crippen LogP contribution >= 0.6 is 0 Å². The van der Waals surface area contributed by atoms with Gasteiger partial charge in [0, 0.05) is 18.0 Å². The molecular weight excluding hydrogens is 270 g/mol. The zero-order valence-electron chi connectivity index (χ0n) is 13.7. The predicted molar refractivity (Wildman–Crippen MR) is 92.1 cm³/mol. The molecule has 0 radical (unpaired) electrons. The second-order valence-electron chi connectivity index (χ2n) is 6.64. The van der Waals surface area contributed by atoms with Crippen molar-refractivity contribution in [3.63, 3.8) is 0 Å². The number of aryl methyl sites for hydroxylation is 1. The van der Waals surface area contributed by atoms with Crippen molar-refractivity contribution in [2.75, 3.05) is 6.54 Å². The summed E-state index contributed by atoms with van der Waals surface area (Å²) in [5, 5.41) is 10.2. The number of hydrogen-bond acceptors (Lipinski definition) is 2. The largest absolute Gasteiger partial charge is 0.508 e. The summed E-state index contributed by atoms with van der Waals surface area (Å²) in [5.41, 5.74) is 2.51. The SMILES string of the molecule is CCCN(C1CCc2cccc(O)c2C1)C(C)C1C=CC=C1. The molecule has 0 heterocycles. The zero-order valence-corrected chi connectivity index (χ0v) is 13.7. The van der Waals surface area contributed by atoms with Crippen LogP contribution in [0.4, 0.5) is 0 Å². The molecule has 0 fully saturated rings. The van der Waals surface area contributed by atoms with E-state index in [1.807, 2.05) is 12.1 Å². The number of allylic oxidation sites excluding steroid dienone is 2. The van der Waals surface area contributed by atoms with Crippen molar-refractivity contribution in [1.29, 1.82) is 0 Å². The summed E-state index contributed by atoms with van der Waals surface area (Å²) in [6.45, 7) is 5.74. The van der Waals surface area contributed by atoms with Gasteiger partial charge in [0.2, 0.25) is 0 Å². The van der Waals surface area contributed by atoms with Crippen molar-refractivity contribution in [3.05, 3.63) is 53.6 Å². The number of phenols is 1. The highest BCUT2D eigenvalue weighted by Gasteiger charge is 2.30. The Balaban J connectivity index is 1.79. The van der Waals surface area contributed by atoms with Crippen LogP contribution in [0, 0.1) is 5.92 Å². The number of phenolic OH excluding ortho intramolecular Hbond substituents is 1. The van der Waals surface area contributed by atoms with E-state index < -0.39 is 0 Å². The third-order valence-electron chi connectivity index (χ3n) is 5.24. The molecule has 118 valence electrons. The number of benzene rings is 1. The molecule has 1 N–H and O–H groups in total. The Morgan fingerprint density at radius 3 is 2.77 bits per heavy atom. The van der Waals surface area contributed by atoms with Crippen LogP contribution in [0.1, 0.15) is 37.8 Å². The molecule has 22 heavy (non-hydrogen) atoms. The van der Waals surface area contributed by atoms with E-state index in [9.17, 15) is 5.11 Å². The molecule has 0 saturated carbocycles. The zero-order chi connectivity index (χ0) is 15.5. The lowest BCUT2D eigenvalue weighted by Gasteiger charge is -2.40. The van der Waals surface area contributed by atoms with Crippen LogP contribution in [0.15, 0.2) is 42.5 Å². The topological polar surface area (TPSA) is 23.5 Å². The number of rotatable bonds is 5. The van der Waals surface area contributed by atoms with Gasteiger partial charge in [-0.1, -0.05) is 43.4 Å². The van der Waals surface area contributed by atoms with Crippen LogP contribution in [-0.4, -0.2) is 28.6 Å². The lowest BCUT2D eigenvalue weighted by molar-refractivity contribution is 0.115. The molecule has 3 rings (SSSR count). The van der Waals surface area contributed by atoms with E-state index in [1.54, 1.807) is 0 Å². The highest BCUT2D eigenvalue weighted by Crippen LogP contribution is 2.33. The normalized spacial score (nSPS) is 22.2. The Kier molecular flexibility index (Phi) is 4.68. The number of hydrogen-bond donors (Lipinski definition) is 1. The second-order valence-corrected chi connectivity index (χ2v) is 6.64. The Labute approximate surface area is 134 Å². The summed E-state index contributed by atoms with van der Waals surface area (Å²) >= 11 is 0. The van der Waals surface area contributed by atoms with Gasteiger partial charge in [-0.15, -0.1) is 0 Å². The first kappa shape index (κ1) is 15.4. The van der Waals surface area contributed by atoms with Crippen LogP contribution in [0.25, 0.3) is 0 Å². The molecule has 2 nitrogen and oxygen atoms in total. The number of fused-ring (bicyclic) bond motifs is 1. The van der Waals surface area contributed by atoms with E-state index >= 15 is 0 Å². The minimum Gasteiger partial charge on any atom is -0.508 e. The summed E-state index contributed by atoms with van der Waals surface area (Å²) in [4.78, 5) is 2.67. The van der Waals surface area contributed by atoms with Gasteiger partial charge in [0.05, 0.1) is 0 Å². The van der Waals surface area contributed by atoms with Gasteiger partial charge in [-0.3, -0.25) is 4.90 Å². The third kappa shape index (κ3) is 2.98. The van der Waals surface area contributed by atoms with Crippen LogP contribution in [0.5, 0.6) is 5.75 Å². The van der Waals surface area contributed by atoms with E-state index in [-0.39, 0.29) is 0 Å². The van der Waals surface area contributed by atoms with Gasteiger partial charge < -0.3 is 5.11 Å². The van der Waals surface area contributed by atoms with Gasteiger partial charge in [0.1, 0.15) is 5.75 Å². The predicted octanol–water partition coefficient (Wildman–Crippen LogP) is 4.09. The first-order valence-electron chi connectivity index (χ1n) is 8.61. The van der Waals surface area contributed by atoms with Crippen LogP contribution in [0.2, 0.25) is 0 Å². The third-order valence-corrected chi connectivity index (χ3v) is 5.24. The first-order valence-corrected chi connectivity index (χ1v) is 8.61. The van der Waals surface area contributed by atoms with Crippen molar-refractivity contribution >= 4 is 0 Å². The first-order chi connectivity index (χ1) is 10.7. The minimum absolute atomic E-state index is 0.479. The molecular formula is C20H27NO. The van der Waals surface area contributed by atoms with Crippen LogP contribution in [-0.2, 0) is 12.8 Å². The van der Waals surface area contributed by atoms with Crippen molar-refractivity contribution in [2.24, 2.45) is 5.92 Å². The van der Waals surface area contributed by atoms with E-state index in [1.165, 1.54) is 24.0 Å². The fourth-order valence-electron chi connectivity index (χ4n) is 4.00. The minimum atomic E-state index is 0.479. The van der Waals surface area contributed by atoms with Gasteiger partial charge in [-0.05, 0) is 56.3 Å². The second kappa shape index (κ2) is 6.70. The highest BCUT2D eigenvalue weighted by atomic mass is 16.3. The molecule has 0 spiro atoms. The van der Waals surface area contributed by atoms with E-state index in [4.69, 9.17) is 0 Å². The van der Waals surface area contributed by atoms with Crippen molar-refractivity contribution in [3.8, 4) is 5.75 Å². The average molecular weight is 297 g/mol. The van der Waals surface area contributed by atoms with Gasteiger partial charge >= 0.3 is 0 Å². The number of nitrogens with zero attached hydrogens (tertiary/aromatic N) is 1. The molecule has 1 aromatic carbocycles. The Morgan fingerprint density at radius 1 is 1.27 bits per heavy atom. The molecule has 0 aliphatic heterocycles. The van der Waals surface area contributed by atoms with Crippen molar-refractivity contribution in [2.45, 2.75) is 51.6 Å².